The van der Waals surface area contributed by atoms with Gasteiger partial charge < -0.3 is 20.5 Å². The van der Waals surface area contributed by atoms with Crippen molar-refractivity contribution in [3.8, 4) is 0 Å². The van der Waals surface area contributed by atoms with E-state index in [1.165, 1.54) is 0 Å². The first-order valence-electron chi connectivity index (χ1n) is 6.39. The lowest BCUT2D eigenvalue weighted by molar-refractivity contribution is 0.0428. The van der Waals surface area contributed by atoms with E-state index in [0.717, 1.165) is 23.0 Å². The average molecular weight is 331 g/mol. The van der Waals surface area contributed by atoms with Crippen molar-refractivity contribution < 1.29 is 9.84 Å². The highest BCUT2D eigenvalue weighted by molar-refractivity contribution is 9.10. The van der Waals surface area contributed by atoms with E-state index >= 15 is 0 Å². The fraction of sp³-hybridized carbons (Fsp3) is 0.571. The van der Waals surface area contributed by atoms with Crippen LogP contribution in [0.3, 0.4) is 0 Å². The summed E-state index contributed by atoms with van der Waals surface area (Å²) in [7, 11) is 3.57. The molecule has 0 radical (unpaired) electrons. The average Bonchev–Trinajstić information content (AvgIpc) is 2.37. The molecule has 0 aliphatic rings. The number of rotatable bonds is 8. The SMILES string of the molecule is COCC(O)CN(C)CCC(N)c1ccc(Br)cc1. The number of nitrogens with two attached hydrogens (primary N) is 1. The lowest BCUT2D eigenvalue weighted by Crippen LogP contribution is -2.33. The van der Waals surface area contributed by atoms with Crippen LogP contribution in [0.2, 0.25) is 0 Å². The first-order valence-corrected chi connectivity index (χ1v) is 7.18. The quantitative estimate of drug-likeness (QED) is 0.762. The maximum Gasteiger partial charge on any atom is 0.0899 e. The highest BCUT2D eigenvalue weighted by Gasteiger charge is 2.10. The molecule has 0 saturated heterocycles. The Morgan fingerprint density at radius 1 is 1.37 bits per heavy atom. The largest absolute Gasteiger partial charge is 0.389 e. The van der Waals surface area contributed by atoms with Crippen LogP contribution in [0.4, 0.5) is 0 Å². The minimum atomic E-state index is -0.445. The molecule has 0 fully saturated rings. The highest BCUT2D eigenvalue weighted by Crippen LogP contribution is 2.17. The molecular formula is C14H23BrN2O2. The van der Waals surface area contributed by atoms with Crippen LogP contribution in [0.1, 0.15) is 18.0 Å². The molecule has 1 aromatic carbocycles. The van der Waals surface area contributed by atoms with Crippen LogP contribution >= 0.6 is 15.9 Å². The molecule has 1 aromatic rings. The molecule has 1 rings (SSSR count). The number of aliphatic hydroxyl groups excluding tert-OH is 1. The third-order valence-electron chi connectivity index (χ3n) is 3.00. The number of nitrogens with zero attached hydrogens (tertiary/aromatic N) is 1. The molecule has 2 atom stereocenters. The summed E-state index contributed by atoms with van der Waals surface area (Å²) in [5.41, 5.74) is 7.29. The molecule has 4 nitrogen and oxygen atoms in total. The second-order valence-electron chi connectivity index (χ2n) is 4.82. The molecule has 0 aromatic heterocycles. The highest BCUT2D eigenvalue weighted by atomic mass is 79.9. The molecule has 108 valence electrons. The number of aliphatic hydroxyl groups is 1. The zero-order valence-corrected chi connectivity index (χ0v) is 13.1. The Labute approximate surface area is 123 Å². The minimum absolute atomic E-state index is 0.0233. The van der Waals surface area contributed by atoms with Gasteiger partial charge in [0.2, 0.25) is 0 Å². The van der Waals surface area contributed by atoms with Gasteiger partial charge in [0, 0.05) is 24.2 Å². The van der Waals surface area contributed by atoms with Gasteiger partial charge in [-0.25, -0.2) is 0 Å². The molecule has 0 heterocycles. The van der Waals surface area contributed by atoms with Gasteiger partial charge in [-0.1, -0.05) is 28.1 Å². The molecule has 0 aliphatic carbocycles. The maximum absolute atomic E-state index is 9.63. The Balaban J connectivity index is 2.33. The molecule has 19 heavy (non-hydrogen) atoms. The Morgan fingerprint density at radius 3 is 2.58 bits per heavy atom. The van der Waals surface area contributed by atoms with Crippen LogP contribution in [0.15, 0.2) is 28.7 Å². The third-order valence-corrected chi connectivity index (χ3v) is 3.53. The number of halogens is 1. The molecule has 0 amide bonds. The van der Waals surface area contributed by atoms with E-state index < -0.39 is 6.10 Å². The van der Waals surface area contributed by atoms with Crippen molar-refractivity contribution in [3.63, 3.8) is 0 Å². The summed E-state index contributed by atoms with van der Waals surface area (Å²) in [6.45, 7) is 1.81. The summed E-state index contributed by atoms with van der Waals surface area (Å²) in [5, 5.41) is 9.63. The van der Waals surface area contributed by atoms with E-state index in [-0.39, 0.29) is 6.04 Å². The first-order chi connectivity index (χ1) is 9.02. The summed E-state index contributed by atoms with van der Waals surface area (Å²) >= 11 is 3.41. The topological polar surface area (TPSA) is 58.7 Å². The monoisotopic (exact) mass is 330 g/mol. The number of hydrogen-bond acceptors (Lipinski definition) is 4. The number of methoxy groups -OCH3 is 1. The standard InChI is InChI=1S/C14H23BrN2O2/c1-17(9-13(18)10-19-2)8-7-14(16)11-3-5-12(15)6-4-11/h3-6,13-14,18H,7-10,16H2,1-2H3. The van der Waals surface area contributed by atoms with Gasteiger partial charge in [0.05, 0.1) is 12.7 Å². The van der Waals surface area contributed by atoms with Gasteiger partial charge in [0.1, 0.15) is 0 Å². The Morgan fingerprint density at radius 2 is 2.00 bits per heavy atom. The van der Waals surface area contributed by atoms with E-state index in [1.807, 2.05) is 31.3 Å². The molecule has 5 heteroatoms. The van der Waals surface area contributed by atoms with Crippen molar-refractivity contribution in [1.82, 2.24) is 4.90 Å². The van der Waals surface area contributed by atoms with E-state index in [1.54, 1.807) is 7.11 Å². The number of hydrogen-bond donors (Lipinski definition) is 2. The maximum atomic E-state index is 9.63. The summed E-state index contributed by atoms with van der Waals surface area (Å²) in [6.07, 6.45) is 0.414. The van der Waals surface area contributed by atoms with Gasteiger partial charge in [-0.15, -0.1) is 0 Å². The van der Waals surface area contributed by atoms with Crippen LogP contribution in [-0.2, 0) is 4.74 Å². The lowest BCUT2D eigenvalue weighted by Gasteiger charge is -2.22. The van der Waals surface area contributed by atoms with Crippen molar-refractivity contribution in [2.45, 2.75) is 18.6 Å². The van der Waals surface area contributed by atoms with E-state index in [9.17, 15) is 5.11 Å². The van der Waals surface area contributed by atoms with Gasteiger partial charge in [-0.05, 0) is 37.7 Å². The Kier molecular flexibility index (Phi) is 7.56. The van der Waals surface area contributed by atoms with Gasteiger partial charge in [0.15, 0.2) is 0 Å². The molecule has 0 aliphatic heterocycles. The van der Waals surface area contributed by atoms with Crippen LogP contribution in [0.25, 0.3) is 0 Å². The third kappa shape index (κ3) is 6.49. The fourth-order valence-electron chi connectivity index (χ4n) is 1.93. The van der Waals surface area contributed by atoms with Gasteiger partial charge in [-0.3, -0.25) is 0 Å². The van der Waals surface area contributed by atoms with Crippen LogP contribution < -0.4 is 5.73 Å². The van der Waals surface area contributed by atoms with Gasteiger partial charge >= 0.3 is 0 Å². The van der Waals surface area contributed by atoms with E-state index in [2.05, 4.69) is 20.8 Å². The molecule has 2 unspecified atom stereocenters. The number of benzene rings is 1. The van der Waals surface area contributed by atoms with Crippen molar-refractivity contribution in [3.05, 3.63) is 34.3 Å². The molecule has 3 N–H and O–H groups in total. The fourth-order valence-corrected chi connectivity index (χ4v) is 2.20. The molecule has 0 saturated carbocycles. The first kappa shape index (κ1) is 16.6. The van der Waals surface area contributed by atoms with Crippen LogP contribution in [0.5, 0.6) is 0 Å². The lowest BCUT2D eigenvalue weighted by atomic mass is 10.0. The van der Waals surface area contributed by atoms with Crippen molar-refractivity contribution in [2.24, 2.45) is 5.73 Å². The van der Waals surface area contributed by atoms with Crippen LogP contribution in [-0.4, -0.2) is 50.0 Å². The second-order valence-corrected chi connectivity index (χ2v) is 5.73. The molecule has 0 spiro atoms. The minimum Gasteiger partial charge on any atom is -0.389 e. The summed E-state index contributed by atoms with van der Waals surface area (Å²) in [5.74, 6) is 0. The smallest absolute Gasteiger partial charge is 0.0899 e. The van der Waals surface area contributed by atoms with Gasteiger partial charge in [0.25, 0.3) is 0 Å². The summed E-state index contributed by atoms with van der Waals surface area (Å²) < 4.78 is 5.96. The Hall–Kier alpha value is -0.460. The van der Waals surface area contributed by atoms with E-state index in [4.69, 9.17) is 10.5 Å². The number of likely N-dealkylation sites (N-methyl/N-ethyl adjacent to an activating group) is 1. The van der Waals surface area contributed by atoms with Gasteiger partial charge in [-0.2, -0.15) is 0 Å². The Bertz CT molecular complexity index is 359. The zero-order valence-electron chi connectivity index (χ0n) is 11.6. The predicted molar refractivity (Wildman–Crippen MR) is 81.1 cm³/mol. The van der Waals surface area contributed by atoms with Crippen molar-refractivity contribution >= 4 is 15.9 Å². The van der Waals surface area contributed by atoms with Crippen molar-refractivity contribution in [1.29, 1.82) is 0 Å². The zero-order chi connectivity index (χ0) is 14.3. The van der Waals surface area contributed by atoms with Crippen LogP contribution in [0, 0.1) is 0 Å². The van der Waals surface area contributed by atoms with Crippen molar-refractivity contribution in [2.75, 3.05) is 33.9 Å². The normalized spacial score (nSPS) is 14.6. The second kappa shape index (κ2) is 8.66. The summed E-state index contributed by atoms with van der Waals surface area (Å²) in [6, 6.07) is 8.10. The molecular weight excluding hydrogens is 308 g/mol. The number of ether oxygens (including phenoxy) is 1. The summed E-state index contributed by atoms with van der Waals surface area (Å²) in [4.78, 5) is 2.07. The molecule has 0 bridgehead atoms. The predicted octanol–water partition coefficient (Wildman–Crippen LogP) is 1.78. The van der Waals surface area contributed by atoms with E-state index in [0.29, 0.717) is 13.2 Å².